The Hall–Kier alpha value is -3.69. The molecular weight excluding hydrogens is 555 g/mol. The van der Waals surface area contributed by atoms with Crippen molar-refractivity contribution in [1.82, 2.24) is 9.88 Å². The number of hydrogen-bond donors (Lipinski definition) is 1. The van der Waals surface area contributed by atoms with Crippen LogP contribution in [0, 0.1) is 5.92 Å². The Balaban J connectivity index is 1.56. The van der Waals surface area contributed by atoms with Crippen molar-refractivity contribution in [2.24, 2.45) is 5.92 Å². The van der Waals surface area contributed by atoms with Crippen LogP contribution in [0.15, 0.2) is 77.7 Å². The van der Waals surface area contributed by atoms with Gasteiger partial charge in [0, 0.05) is 41.1 Å². The number of aromatic amines is 1. The van der Waals surface area contributed by atoms with Crippen LogP contribution < -0.4 is 0 Å². The zero-order chi connectivity index (χ0) is 28.7. The molecule has 1 N–H and O–H groups in total. The van der Waals surface area contributed by atoms with Crippen LogP contribution in [0.2, 0.25) is 5.02 Å². The molecule has 0 aliphatic heterocycles. The first-order chi connectivity index (χ1) is 19.1. The van der Waals surface area contributed by atoms with Crippen LogP contribution in [-0.4, -0.2) is 49.3 Å². The molecule has 4 aromatic rings. The Labute approximate surface area is 236 Å². The number of halogens is 2. The minimum absolute atomic E-state index is 0.0164. The Morgan fingerprint density at radius 3 is 2.52 bits per heavy atom. The maximum Gasteiger partial charge on any atom is 0.338 e. The lowest BCUT2D eigenvalue weighted by atomic mass is 9.83. The van der Waals surface area contributed by atoms with E-state index < -0.39 is 32.6 Å². The number of ether oxygens (including phenoxy) is 1. The lowest BCUT2D eigenvalue weighted by Crippen LogP contribution is -2.55. The van der Waals surface area contributed by atoms with Crippen molar-refractivity contribution in [3.8, 4) is 0 Å². The largest absolute Gasteiger partial charge is 0.465 e. The third-order valence-electron chi connectivity index (χ3n) is 7.59. The van der Waals surface area contributed by atoms with Gasteiger partial charge in [-0.25, -0.2) is 17.6 Å². The van der Waals surface area contributed by atoms with Crippen LogP contribution >= 0.6 is 11.6 Å². The molecule has 1 aliphatic rings. The maximum atomic E-state index is 17.5. The lowest BCUT2D eigenvalue weighted by molar-refractivity contribution is -0.141. The van der Waals surface area contributed by atoms with Gasteiger partial charge in [0.05, 0.1) is 17.6 Å². The fourth-order valence-corrected chi connectivity index (χ4v) is 7.61. The molecule has 5 rings (SSSR count). The van der Waals surface area contributed by atoms with Crippen molar-refractivity contribution in [1.29, 1.82) is 0 Å². The number of aryl methyl sites for hydroxylation is 1. The number of hydrogen-bond acceptors (Lipinski definition) is 5. The molecule has 208 valence electrons. The summed E-state index contributed by atoms with van der Waals surface area (Å²) in [6.07, 6.45) is 0.522. The number of H-pyrrole nitrogens is 1. The number of esters is 1. The number of fused-ring (bicyclic) bond motifs is 3. The molecule has 1 aliphatic carbocycles. The number of alkyl halides is 1. The first-order valence-corrected chi connectivity index (χ1v) is 14.6. The van der Waals surface area contributed by atoms with E-state index in [0.29, 0.717) is 22.7 Å². The molecule has 40 heavy (non-hydrogen) atoms. The highest BCUT2D eigenvalue weighted by Gasteiger charge is 2.59. The normalized spacial score (nSPS) is 16.6. The molecule has 1 amide bonds. The third-order valence-corrected chi connectivity index (χ3v) is 10.0. The van der Waals surface area contributed by atoms with Crippen molar-refractivity contribution in [2.75, 3.05) is 14.2 Å². The number of aromatic nitrogens is 1. The predicted octanol–water partition coefficient (Wildman–Crippen LogP) is 5.51. The molecule has 2 unspecified atom stereocenters. The van der Waals surface area contributed by atoms with E-state index in [1.54, 1.807) is 30.3 Å². The van der Waals surface area contributed by atoms with E-state index in [-0.39, 0.29) is 29.8 Å². The number of carbonyl (C=O) groups excluding carboxylic acids is 2. The van der Waals surface area contributed by atoms with Crippen molar-refractivity contribution < 1.29 is 27.1 Å². The highest BCUT2D eigenvalue weighted by atomic mass is 35.5. The molecule has 7 nitrogen and oxygen atoms in total. The van der Waals surface area contributed by atoms with Crippen LogP contribution in [0.25, 0.3) is 10.9 Å². The summed E-state index contributed by atoms with van der Waals surface area (Å²) in [4.78, 5) is 30.3. The number of sulfone groups is 1. The molecule has 0 saturated heterocycles. The number of amides is 1. The summed E-state index contributed by atoms with van der Waals surface area (Å²) in [5, 5.41) is -1.80. The molecule has 1 heterocycles. The van der Waals surface area contributed by atoms with Gasteiger partial charge in [0.15, 0.2) is 0 Å². The molecule has 0 saturated carbocycles. The minimum Gasteiger partial charge on any atom is -0.465 e. The lowest BCUT2D eigenvalue weighted by Gasteiger charge is -2.37. The fraction of sp³-hybridized carbons (Fsp3) is 0.267. The summed E-state index contributed by atoms with van der Waals surface area (Å²) in [6.45, 7) is -0.192. The maximum absolute atomic E-state index is 17.5. The van der Waals surface area contributed by atoms with E-state index in [1.165, 1.54) is 44.5 Å². The molecule has 2 atom stereocenters. The number of carbonyl (C=O) groups is 2. The molecule has 10 heteroatoms. The van der Waals surface area contributed by atoms with Crippen LogP contribution in [0.4, 0.5) is 4.39 Å². The van der Waals surface area contributed by atoms with Gasteiger partial charge in [-0.3, -0.25) is 4.79 Å². The van der Waals surface area contributed by atoms with Gasteiger partial charge in [0.1, 0.15) is 0 Å². The standard InChI is InChI=1S/C30H28ClFN2O5S/c1-34(18-19-8-6-7-11-23(19)28(35)39-2)29(36)30(32,40(37,38)22-9-4-3-5-10-22)20-12-14-24-25-17-21(31)13-15-26(25)33-27(24)16-20/h3-11,13,15,17,20,33H,12,14,16,18H2,1-2H3. The summed E-state index contributed by atoms with van der Waals surface area (Å²) < 4.78 is 50.3. The molecule has 3 aromatic carbocycles. The third kappa shape index (κ3) is 4.67. The first-order valence-electron chi connectivity index (χ1n) is 12.8. The minimum atomic E-state index is -4.79. The quantitative estimate of drug-likeness (QED) is 0.290. The second-order valence-corrected chi connectivity index (χ2v) is 12.5. The van der Waals surface area contributed by atoms with Crippen LogP contribution in [0.1, 0.15) is 33.6 Å². The fourth-order valence-electron chi connectivity index (χ4n) is 5.55. The van der Waals surface area contributed by atoms with Crippen molar-refractivity contribution in [3.63, 3.8) is 0 Å². The van der Waals surface area contributed by atoms with E-state index in [4.69, 9.17) is 16.3 Å². The summed E-state index contributed by atoms with van der Waals surface area (Å²) in [6, 6.07) is 19.1. The Morgan fingerprint density at radius 2 is 1.80 bits per heavy atom. The topological polar surface area (TPSA) is 96.5 Å². The van der Waals surface area contributed by atoms with Crippen LogP contribution in [-0.2, 0) is 38.8 Å². The first kappa shape index (κ1) is 27.9. The Bertz CT molecular complexity index is 1710. The van der Waals surface area contributed by atoms with E-state index in [1.807, 2.05) is 12.1 Å². The molecule has 0 fully saturated rings. The van der Waals surface area contributed by atoms with E-state index >= 15 is 4.39 Å². The van der Waals surface area contributed by atoms with Crippen molar-refractivity contribution in [3.05, 3.63) is 100 Å². The second-order valence-electron chi connectivity index (χ2n) is 9.98. The zero-order valence-electron chi connectivity index (χ0n) is 22.0. The van der Waals surface area contributed by atoms with Gasteiger partial charge in [0.25, 0.3) is 10.9 Å². The van der Waals surface area contributed by atoms with Crippen LogP contribution in [0.3, 0.4) is 0 Å². The summed E-state index contributed by atoms with van der Waals surface area (Å²) in [5.74, 6) is -2.97. The smallest absolute Gasteiger partial charge is 0.338 e. The zero-order valence-corrected chi connectivity index (χ0v) is 23.6. The van der Waals surface area contributed by atoms with Gasteiger partial charge in [-0.1, -0.05) is 48.0 Å². The summed E-state index contributed by atoms with van der Waals surface area (Å²) in [5.41, 5.74) is 3.06. The average Bonchev–Trinajstić information content (AvgIpc) is 3.33. The Morgan fingerprint density at radius 1 is 1.10 bits per heavy atom. The highest BCUT2D eigenvalue weighted by Crippen LogP contribution is 2.44. The Kier molecular flexibility index (Phi) is 7.46. The second kappa shape index (κ2) is 10.7. The predicted molar refractivity (Wildman–Crippen MR) is 151 cm³/mol. The van der Waals surface area contributed by atoms with Gasteiger partial charge >= 0.3 is 5.97 Å². The number of rotatable bonds is 7. The van der Waals surface area contributed by atoms with Gasteiger partial charge in [-0.2, -0.15) is 0 Å². The monoisotopic (exact) mass is 582 g/mol. The number of nitrogens with one attached hydrogen (secondary N) is 1. The van der Waals surface area contributed by atoms with E-state index in [2.05, 4.69) is 4.98 Å². The summed E-state index contributed by atoms with van der Waals surface area (Å²) in [7, 11) is -2.22. The van der Waals surface area contributed by atoms with Crippen molar-refractivity contribution >= 4 is 44.2 Å². The average molecular weight is 583 g/mol. The molecule has 0 spiro atoms. The highest BCUT2D eigenvalue weighted by molar-refractivity contribution is 7.93. The van der Waals surface area contributed by atoms with Crippen LogP contribution in [0.5, 0.6) is 0 Å². The molecule has 0 bridgehead atoms. The van der Waals surface area contributed by atoms with E-state index in [0.717, 1.165) is 21.4 Å². The van der Waals surface area contributed by atoms with E-state index in [9.17, 15) is 18.0 Å². The molecule has 0 radical (unpaired) electrons. The molecular formula is C30H28ClFN2O5S. The number of methoxy groups -OCH3 is 1. The molecule has 1 aromatic heterocycles. The van der Waals surface area contributed by atoms with Gasteiger partial charge in [0.2, 0.25) is 9.84 Å². The van der Waals surface area contributed by atoms with Gasteiger partial charge in [-0.15, -0.1) is 0 Å². The number of benzene rings is 3. The van der Waals surface area contributed by atoms with Gasteiger partial charge in [-0.05, 0) is 66.8 Å². The van der Waals surface area contributed by atoms with Gasteiger partial charge < -0.3 is 14.6 Å². The van der Waals surface area contributed by atoms with Crippen molar-refractivity contribution in [2.45, 2.75) is 35.7 Å². The number of nitrogens with zero attached hydrogens (tertiary/aromatic N) is 1. The SMILES string of the molecule is COC(=O)c1ccccc1CN(C)C(=O)C(F)(C1CCc2c([nH]c3ccc(Cl)cc23)C1)S(=O)(=O)c1ccccc1. The summed E-state index contributed by atoms with van der Waals surface area (Å²) >= 11 is 6.20.